The summed E-state index contributed by atoms with van der Waals surface area (Å²) in [5.41, 5.74) is 0. The van der Waals surface area contributed by atoms with E-state index in [2.05, 4.69) is 5.32 Å². The van der Waals surface area contributed by atoms with Crippen LogP contribution in [0.3, 0.4) is 0 Å². The molecule has 0 bridgehead atoms. The average molecular weight is 279 g/mol. The smallest absolute Gasteiger partial charge is 0.245 e. The molecule has 0 radical (unpaired) electrons. The minimum atomic E-state index is -0.179. The molecule has 112 valence electrons. The first-order chi connectivity index (χ1) is 9.77. The molecule has 2 aliphatic heterocycles. The predicted molar refractivity (Wildman–Crippen MR) is 76.1 cm³/mol. The van der Waals surface area contributed by atoms with Crippen molar-refractivity contribution >= 4 is 11.8 Å². The highest BCUT2D eigenvalue weighted by Crippen LogP contribution is 2.30. The Labute approximate surface area is 120 Å². The summed E-state index contributed by atoms with van der Waals surface area (Å²) in [5.74, 6) is 0.607. The fraction of sp³-hybridized carbons (Fsp3) is 0.867. The number of carbonyl (C=O) groups excluding carboxylic acids is 2. The largest absolute Gasteiger partial charge is 0.338 e. The van der Waals surface area contributed by atoms with Crippen molar-refractivity contribution in [1.82, 2.24) is 15.1 Å². The average Bonchev–Trinajstić information content (AvgIpc) is 3.18. The second kappa shape index (κ2) is 6.12. The number of rotatable bonds is 2. The van der Waals surface area contributed by atoms with E-state index < -0.39 is 0 Å². The lowest BCUT2D eigenvalue weighted by molar-refractivity contribution is -0.146. The zero-order valence-electron chi connectivity index (χ0n) is 12.1. The van der Waals surface area contributed by atoms with Crippen molar-refractivity contribution < 1.29 is 9.59 Å². The summed E-state index contributed by atoms with van der Waals surface area (Å²) in [6.45, 7) is 4.07. The summed E-state index contributed by atoms with van der Waals surface area (Å²) in [7, 11) is 0. The van der Waals surface area contributed by atoms with Crippen molar-refractivity contribution in [1.29, 1.82) is 0 Å². The van der Waals surface area contributed by atoms with Crippen molar-refractivity contribution in [2.75, 3.05) is 32.7 Å². The molecular formula is C15H25N3O2. The summed E-state index contributed by atoms with van der Waals surface area (Å²) >= 11 is 0. The van der Waals surface area contributed by atoms with Crippen LogP contribution in [-0.4, -0.2) is 60.4 Å². The fourth-order valence-corrected chi connectivity index (χ4v) is 3.79. The number of piperazine rings is 1. The van der Waals surface area contributed by atoms with Gasteiger partial charge in [-0.1, -0.05) is 12.8 Å². The highest BCUT2D eigenvalue weighted by Gasteiger charge is 2.39. The Kier molecular flexibility index (Phi) is 4.24. The van der Waals surface area contributed by atoms with Crippen LogP contribution >= 0.6 is 0 Å². The minimum absolute atomic E-state index is 0.176. The second-order valence-corrected chi connectivity index (χ2v) is 6.25. The number of likely N-dealkylation sites (tertiary alicyclic amines) is 1. The van der Waals surface area contributed by atoms with Crippen LogP contribution in [0.4, 0.5) is 0 Å². The van der Waals surface area contributed by atoms with Gasteiger partial charge in [-0.3, -0.25) is 9.59 Å². The van der Waals surface area contributed by atoms with Crippen LogP contribution in [0.15, 0.2) is 0 Å². The highest BCUT2D eigenvalue weighted by atomic mass is 16.2. The summed E-state index contributed by atoms with van der Waals surface area (Å²) < 4.78 is 0. The minimum Gasteiger partial charge on any atom is -0.338 e. The van der Waals surface area contributed by atoms with Crippen LogP contribution < -0.4 is 5.32 Å². The van der Waals surface area contributed by atoms with E-state index in [4.69, 9.17) is 0 Å². The monoisotopic (exact) mass is 279 g/mol. The summed E-state index contributed by atoms with van der Waals surface area (Å²) in [4.78, 5) is 29.0. The molecule has 2 saturated heterocycles. The molecule has 0 aromatic heterocycles. The van der Waals surface area contributed by atoms with Gasteiger partial charge in [0.25, 0.3) is 0 Å². The molecule has 2 amide bonds. The van der Waals surface area contributed by atoms with Crippen molar-refractivity contribution in [3.63, 3.8) is 0 Å². The van der Waals surface area contributed by atoms with Crippen LogP contribution in [0.2, 0.25) is 0 Å². The first-order valence-electron chi connectivity index (χ1n) is 8.07. The van der Waals surface area contributed by atoms with E-state index in [1.165, 1.54) is 12.8 Å². The van der Waals surface area contributed by atoms with Gasteiger partial charge in [0.05, 0.1) is 0 Å². The third kappa shape index (κ3) is 2.68. The molecule has 0 aromatic rings. The molecule has 5 nitrogen and oxygen atoms in total. The number of nitrogens with one attached hydrogen (secondary N) is 1. The Morgan fingerprint density at radius 3 is 2.25 bits per heavy atom. The van der Waals surface area contributed by atoms with Gasteiger partial charge in [0.2, 0.25) is 11.8 Å². The number of hydrogen-bond donors (Lipinski definition) is 1. The van der Waals surface area contributed by atoms with Gasteiger partial charge in [0.15, 0.2) is 0 Å². The lowest BCUT2D eigenvalue weighted by Gasteiger charge is -2.33. The number of carbonyl (C=O) groups is 2. The van der Waals surface area contributed by atoms with Gasteiger partial charge in [-0.25, -0.2) is 0 Å². The van der Waals surface area contributed by atoms with Gasteiger partial charge in [0.1, 0.15) is 6.04 Å². The summed E-state index contributed by atoms with van der Waals surface area (Å²) in [5, 5.41) is 3.26. The molecule has 1 saturated carbocycles. The first kappa shape index (κ1) is 13.9. The maximum atomic E-state index is 12.6. The SMILES string of the molecule is O=C(C1CCCN1C(=O)C1CCCC1)N1CCNCC1. The van der Waals surface area contributed by atoms with Gasteiger partial charge < -0.3 is 15.1 Å². The van der Waals surface area contributed by atoms with Crippen molar-refractivity contribution in [3.05, 3.63) is 0 Å². The quantitative estimate of drug-likeness (QED) is 0.805. The van der Waals surface area contributed by atoms with Crippen LogP contribution in [0.5, 0.6) is 0 Å². The van der Waals surface area contributed by atoms with E-state index in [0.29, 0.717) is 0 Å². The normalized spacial score (nSPS) is 28.1. The van der Waals surface area contributed by atoms with Gasteiger partial charge in [-0.15, -0.1) is 0 Å². The zero-order valence-corrected chi connectivity index (χ0v) is 12.1. The standard InChI is InChI=1S/C15H25N3O2/c19-14(12-4-1-2-5-12)18-9-3-6-13(18)15(20)17-10-7-16-8-11-17/h12-13,16H,1-11H2. The number of hydrogen-bond acceptors (Lipinski definition) is 3. The number of amides is 2. The molecule has 3 fully saturated rings. The molecule has 1 atom stereocenters. The molecule has 3 rings (SSSR count). The molecule has 0 aromatic carbocycles. The van der Waals surface area contributed by atoms with Crippen LogP contribution in [0.1, 0.15) is 38.5 Å². The lowest BCUT2D eigenvalue weighted by atomic mass is 10.1. The van der Waals surface area contributed by atoms with Gasteiger partial charge in [-0.2, -0.15) is 0 Å². The van der Waals surface area contributed by atoms with E-state index in [-0.39, 0.29) is 23.8 Å². The van der Waals surface area contributed by atoms with Crippen LogP contribution in [0, 0.1) is 5.92 Å². The van der Waals surface area contributed by atoms with Crippen molar-refractivity contribution in [3.8, 4) is 0 Å². The van der Waals surface area contributed by atoms with E-state index in [1.54, 1.807) is 0 Å². The third-order valence-electron chi connectivity index (χ3n) is 4.95. The molecule has 20 heavy (non-hydrogen) atoms. The summed E-state index contributed by atoms with van der Waals surface area (Å²) in [6, 6.07) is -0.179. The molecular weight excluding hydrogens is 254 g/mol. The molecule has 2 heterocycles. The molecule has 1 aliphatic carbocycles. The Bertz CT molecular complexity index is 373. The highest BCUT2D eigenvalue weighted by molar-refractivity contribution is 5.89. The third-order valence-corrected chi connectivity index (χ3v) is 4.95. The maximum Gasteiger partial charge on any atom is 0.245 e. The fourth-order valence-electron chi connectivity index (χ4n) is 3.79. The Balaban J connectivity index is 1.65. The molecule has 1 N–H and O–H groups in total. The van der Waals surface area contributed by atoms with E-state index in [1.807, 2.05) is 9.80 Å². The van der Waals surface area contributed by atoms with Gasteiger partial charge in [-0.05, 0) is 25.7 Å². The second-order valence-electron chi connectivity index (χ2n) is 6.25. The van der Waals surface area contributed by atoms with E-state index in [0.717, 1.165) is 58.4 Å². The Morgan fingerprint density at radius 1 is 0.850 bits per heavy atom. The lowest BCUT2D eigenvalue weighted by Crippen LogP contribution is -2.54. The van der Waals surface area contributed by atoms with Crippen molar-refractivity contribution in [2.45, 2.75) is 44.6 Å². The van der Waals surface area contributed by atoms with Gasteiger partial charge in [0, 0.05) is 38.6 Å². The van der Waals surface area contributed by atoms with Crippen LogP contribution in [-0.2, 0) is 9.59 Å². The first-order valence-corrected chi connectivity index (χ1v) is 8.07. The van der Waals surface area contributed by atoms with E-state index >= 15 is 0 Å². The predicted octanol–water partition coefficient (Wildman–Crippen LogP) is 0.599. The number of nitrogens with zero attached hydrogens (tertiary/aromatic N) is 2. The Hall–Kier alpha value is -1.10. The molecule has 3 aliphatic rings. The molecule has 0 spiro atoms. The topological polar surface area (TPSA) is 52.7 Å². The molecule has 5 heteroatoms. The Morgan fingerprint density at radius 2 is 1.55 bits per heavy atom. The zero-order chi connectivity index (χ0) is 13.9. The van der Waals surface area contributed by atoms with Crippen LogP contribution in [0.25, 0.3) is 0 Å². The maximum absolute atomic E-state index is 12.6. The molecule has 1 unspecified atom stereocenters. The van der Waals surface area contributed by atoms with Gasteiger partial charge >= 0.3 is 0 Å². The van der Waals surface area contributed by atoms with Crippen molar-refractivity contribution in [2.24, 2.45) is 5.92 Å². The summed E-state index contributed by atoms with van der Waals surface area (Å²) in [6.07, 6.45) is 6.19. The van der Waals surface area contributed by atoms with E-state index in [9.17, 15) is 9.59 Å².